The van der Waals surface area contributed by atoms with Crippen LogP contribution in [0, 0.1) is 0 Å². The number of hydrogen-bond acceptors (Lipinski definition) is 1. The summed E-state index contributed by atoms with van der Waals surface area (Å²) in [7, 11) is 0. The maximum atomic E-state index is 14.0. The summed E-state index contributed by atoms with van der Waals surface area (Å²) in [5.41, 5.74) is 1.38. The van der Waals surface area contributed by atoms with Crippen molar-refractivity contribution in [3.63, 3.8) is 0 Å². The van der Waals surface area contributed by atoms with Crippen molar-refractivity contribution in [1.82, 2.24) is 4.57 Å². The molecule has 0 radical (unpaired) electrons. The Morgan fingerprint density at radius 2 is 1.38 bits per heavy atom. The number of nitrogens with zero attached hydrogens (tertiary/aromatic N) is 1. The topological polar surface area (TPSA) is 17.0 Å². The van der Waals surface area contributed by atoms with Gasteiger partial charge >= 0.3 is 6.18 Å². The van der Waals surface area contributed by atoms with Crippen LogP contribution in [0.15, 0.2) is 66.7 Å². The third kappa shape index (κ3) is 5.57. The quantitative estimate of drug-likeness (QED) is 0.218. The van der Waals surface area contributed by atoms with E-state index in [1.54, 1.807) is 18.2 Å². The normalized spacial score (nSPS) is 12.0. The predicted octanol–water partition coefficient (Wildman–Crippen LogP) is 9.36. The first-order valence-electron chi connectivity index (χ1n) is 12.4. The van der Waals surface area contributed by atoms with Gasteiger partial charge in [-0.25, -0.2) is 0 Å². The molecule has 180 valence electrons. The van der Waals surface area contributed by atoms with Gasteiger partial charge < -0.3 is 9.88 Å². The zero-order valence-corrected chi connectivity index (χ0v) is 19.8. The Kier molecular flexibility index (Phi) is 7.81. The molecule has 2 nitrogen and oxygen atoms in total. The number of benzene rings is 3. The van der Waals surface area contributed by atoms with Crippen LogP contribution >= 0.6 is 0 Å². The van der Waals surface area contributed by atoms with Gasteiger partial charge in [0.25, 0.3) is 0 Å². The van der Waals surface area contributed by atoms with Crippen LogP contribution in [-0.2, 0) is 6.18 Å². The van der Waals surface area contributed by atoms with Crippen LogP contribution in [0.5, 0.6) is 0 Å². The monoisotopic (exact) mass is 466 g/mol. The lowest BCUT2D eigenvalue weighted by Crippen LogP contribution is -2.12. The lowest BCUT2D eigenvalue weighted by Gasteiger charge is -2.15. The van der Waals surface area contributed by atoms with Crippen LogP contribution in [0.4, 0.5) is 18.9 Å². The molecule has 0 saturated carbocycles. The molecular formula is C29H33F3N2. The maximum Gasteiger partial charge on any atom is 0.431 e. The number of unbranched alkanes of at least 4 members (excludes halogenated alkanes) is 7. The summed E-state index contributed by atoms with van der Waals surface area (Å²) in [6.07, 6.45) is 5.68. The lowest BCUT2D eigenvalue weighted by atomic mass is 10.1. The van der Waals surface area contributed by atoms with Gasteiger partial charge in [0.15, 0.2) is 0 Å². The summed E-state index contributed by atoms with van der Waals surface area (Å²) < 4.78 is 43.3. The van der Waals surface area contributed by atoms with Crippen molar-refractivity contribution in [3.8, 4) is 5.69 Å². The van der Waals surface area contributed by atoms with Crippen molar-refractivity contribution >= 4 is 27.4 Å². The summed E-state index contributed by atoms with van der Waals surface area (Å²) in [6, 6.07) is 19.8. The van der Waals surface area contributed by atoms with Crippen LogP contribution in [0.2, 0.25) is 0 Å². The summed E-state index contributed by atoms with van der Waals surface area (Å²) in [5, 5.41) is 5.73. The minimum absolute atomic E-state index is 0.510. The van der Waals surface area contributed by atoms with Crippen LogP contribution in [0.1, 0.15) is 64.0 Å². The van der Waals surface area contributed by atoms with Crippen molar-refractivity contribution in [3.05, 3.63) is 72.4 Å². The first-order valence-corrected chi connectivity index (χ1v) is 12.4. The average Bonchev–Trinajstić information content (AvgIpc) is 3.24. The highest BCUT2D eigenvalue weighted by Gasteiger charge is 2.36. The van der Waals surface area contributed by atoms with E-state index in [0.29, 0.717) is 16.6 Å². The Balaban J connectivity index is 1.48. The van der Waals surface area contributed by atoms with Crippen molar-refractivity contribution < 1.29 is 13.2 Å². The van der Waals surface area contributed by atoms with Crippen LogP contribution in [0.25, 0.3) is 27.4 Å². The van der Waals surface area contributed by atoms with E-state index in [1.165, 1.54) is 55.6 Å². The lowest BCUT2D eigenvalue weighted by molar-refractivity contribution is -0.142. The summed E-state index contributed by atoms with van der Waals surface area (Å²) in [6.45, 7) is 3.11. The first-order chi connectivity index (χ1) is 16.5. The van der Waals surface area contributed by atoms with Gasteiger partial charge in [-0.15, -0.1) is 0 Å². The van der Waals surface area contributed by atoms with Gasteiger partial charge in [0.05, 0.1) is 5.52 Å². The molecule has 4 rings (SSSR count). The minimum atomic E-state index is -4.45. The van der Waals surface area contributed by atoms with Gasteiger partial charge in [-0.2, -0.15) is 13.2 Å². The summed E-state index contributed by atoms with van der Waals surface area (Å²) in [4.78, 5) is 0. The van der Waals surface area contributed by atoms with Crippen molar-refractivity contribution in [1.29, 1.82) is 0 Å². The molecule has 1 aromatic heterocycles. The van der Waals surface area contributed by atoms with E-state index in [9.17, 15) is 13.2 Å². The number of aromatic nitrogens is 1. The molecule has 1 N–H and O–H groups in total. The number of alkyl halides is 3. The largest absolute Gasteiger partial charge is 0.431 e. The Bertz CT molecular complexity index is 1210. The van der Waals surface area contributed by atoms with E-state index in [0.717, 1.165) is 29.4 Å². The molecule has 0 amide bonds. The minimum Gasteiger partial charge on any atom is -0.385 e. The highest BCUT2D eigenvalue weighted by atomic mass is 19.4. The van der Waals surface area contributed by atoms with E-state index in [2.05, 4.69) is 12.2 Å². The molecule has 0 bridgehead atoms. The SMILES string of the molecule is CCCCCCCCCCNc1ccc(-n2c(C(F)(F)F)cc3ccc4ccccc4c32)cc1. The fourth-order valence-electron chi connectivity index (χ4n) is 4.67. The van der Waals surface area contributed by atoms with Crippen LogP contribution < -0.4 is 5.32 Å². The van der Waals surface area contributed by atoms with Gasteiger partial charge in [0, 0.05) is 28.7 Å². The highest BCUT2D eigenvalue weighted by Crippen LogP contribution is 2.39. The smallest absolute Gasteiger partial charge is 0.385 e. The zero-order chi connectivity index (χ0) is 24.0. The van der Waals surface area contributed by atoms with Gasteiger partial charge in [0.1, 0.15) is 5.69 Å². The third-order valence-corrected chi connectivity index (χ3v) is 6.46. The number of rotatable bonds is 11. The summed E-state index contributed by atoms with van der Waals surface area (Å²) in [5.74, 6) is 0. The predicted molar refractivity (Wildman–Crippen MR) is 137 cm³/mol. The molecule has 34 heavy (non-hydrogen) atoms. The number of anilines is 1. The number of nitrogens with one attached hydrogen (secondary N) is 1. The molecule has 0 unspecified atom stereocenters. The third-order valence-electron chi connectivity index (χ3n) is 6.46. The average molecular weight is 467 g/mol. The number of halogens is 3. The Morgan fingerprint density at radius 1 is 0.735 bits per heavy atom. The molecule has 0 atom stereocenters. The molecule has 0 aliphatic carbocycles. The van der Waals surface area contributed by atoms with E-state index >= 15 is 0 Å². The van der Waals surface area contributed by atoms with E-state index < -0.39 is 11.9 Å². The van der Waals surface area contributed by atoms with Gasteiger partial charge in [-0.05, 0) is 42.1 Å². The molecule has 0 aliphatic heterocycles. The maximum absolute atomic E-state index is 14.0. The zero-order valence-electron chi connectivity index (χ0n) is 19.8. The van der Waals surface area contributed by atoms with E-state index in [-0.39, 0.29) is 0 Å². The van der Waals surface area contributed by atoms with Gasteiger partial charge in [0.2, 0.25) is 0 Å². The Hall–Kier alpha value is -2.95. The fraction of sp³-hybridized carbons (Fsp3) is 0.379. The second-order valence-corrected chi connectivity index (χ2v) is 9.04. The molecular weight excluding hydrogens is 433 g/mol. The van der Waals surface area contributed by atoms with Gasteiger partial charge in [-0.1, -0.05) is 88.3 Å². The molecule has 3 aromatic carbocycles. The summed E-state index contributed by atoms with van der Waals surface area (Å²) >= 11 is 0. The highest BCUT2D eigenvalue weighted by molar-refractivity contribution is 6.07. The molecule has 4 aromatic rings. The Morgan fingerprint density at radius 3 is 2.09 bits per heavy atom. The van der Waals surface area contributed by atoms with Crippen LogP contribution in [-0.4, -0.2) is 11.1 Å². The fourth-order valence-corrected chi connectivity index (χ4v) is 4.67. The van der Waals surface area contributed by atoms with E-state index in [1.807, 2.05) is 42.5 Å². The number of hydrogen-bond donors (Lipinski definition) is 1. The molecule has 0 aliphatic rings. The standard InChI is InChI=1S/C29H33F3N2/c1-2-3-4-5-6-7-8-11-20-33-24-16-18-25(19-17-24)34-27(29(30,31)32)21-23-15-14-22-12-9-10-13-26(22)28(23)34/h9-10,12-19,21,33H,2-8,11,20H2,1H3. The van der Waals surface area contributed by atoms with Crippen molar-refractivity contribution in [2.75, 3.05) is 11.9 Å². The van der Waals surface area contributed by atoms with Crippen molar-refractivity contribution in [2.45, 2.75) is 64.5 Å². The number of fused-ring (bicyclic) bond motifs is 3. The molecule has 0 spiro atoms. The van der Waals surface area contributed by atoms with Gasteiger partial charge in [-0.3, -0.25) is 0 Å². The first kappa shape index (κ1) is 24.2. The second-order valence-electron chi connectivity index (χ2n) is 9.04. The molecule has 1 heterocycles. The second kappa shape index (κ2) is 11.0. The molecule has 0 fully saturated rings. The van der Waals surface area contributed by atoms with Crippen LogP contribution in [0.3, 0.4) is 0 Å². The van der Waals surface area contributed by atoms with Crippen molar-refractivity contribution in [2.24, 2.45) is 0 Å². The Labute approximate surface area is 199 Å². The molecule has 5 heteroatoms. The van der Waals surface area contributed by atoms with E-state index in [4.69, 9.17) is 0 Å². The molecule has 0 saturated heterocycles.